The molecule has 3 aromatic carbocycles. The van der Waals surface area contributed by atoms with Crippen LogP contribution in [0.3, 0.4) is 0 Å². The van der Waals surface area contributed by atoms with Gasteiger partial charge in [-0.3, -0.25) is 13.9 Å². The van der Waals surface area contributed by atoms with Crippen LogP contribution in [-0.2, 0) is 26.2 Å². The second-order valence-corrected chi connectivity index (χ2v) is 12.2. The number of amides is 2. The number of benzene rings is 3. The summed E-state index contributed by atoms with van der Waals surface area (Å²) >= 11 is 12.4. The zero-order chi connectivity index (χ0) is 27.6. The highest BCUT2D eigenvalue weighted by molar-refractivity contribution is 7.93. The van der Waals surface area contributed by atoms with E-state index in [9.17, 15) is 18.0 Å². The fourth-order valence-electron chi connectivity index (χ4n) is 4.60. The number of carbonyl (C=O) groups excluding carboxylic acids is 2. The molecule has 1 aliphatic heterocycles. The molecule has 1 aliphatic rings. The molecule has 2 amide bonds. The maximum absolute atomic E-state index is 13.5. The third-order valence-corrected chi connectivity index (χ3v) is 9.40. The number of sulfonamides is 1. The van der Waals surface area contributed by atoms with Crippen LogP contribution >= 0.6 is 23.2 Å². The summed E-state index contributed by atoms with van der Waals surface area (Å²) in [5.41, 5.74) is 1.29. The number of carbonyl (C=O) groups is 2. The number of anilines is 1. The molecular formula is C28H31Cl2N3O4S. The monoisotopic (exact) mass is 575 g/mol. The van der Waals surface area contributed by atoms with Gasteiger partial charge in [-0.25, -0.2) is 8.42 Å². The Balaban J connectivity index is 1.51. The van der Waals surface area contributed by atoms with Crippen molar-refractivity contribution >= 4 is 61.5 Å². The van der Waals surface area contributed by atoms with Gasteiger partial charge in [-0.15, -0.1) is 0 Å². The van der Waals surface area contributed by atoms with Gasteiger partial charge in [-0.2, -0.15) is 0 Å². The number of nitrogens with zero attached hydrogens (tertiary/aromatic N) is 2. The number of rotatable bonds is 10. The van der Waals surface area contributed by atoms with Crippen molar-refractivity contribution in [2.24, 2.45) is 0 Å². The Morgan fingerprint density at radius 1 is 1.05 bits per heavy atom. The molecule has 38 heavy (non-hydrogen) atoms. The predicted octanol–water partition coefficient (Wildman–Crippen LogP) is 5.77. The zero-order valence-electron chi connectivity index (χ0n) is 21.6. The first kappa shape index (κ1) is 28.2. The van der Waals surface area contributed by atoms with E-state index in [1.54, 1.807) is 43.3 Å². The van der Waals surface area contributed by atoms with E-state index in [0.29, 0.717) is 26.7 Å². The van der Waals surface area contributed by atoms with Crippen LogP contribution in [0.2, 0.25) is 10.0 Å². The molecule has 10 heteroatoms. The highest BCUT2D eigenvalue weighted by atomic mass is 35.5. The molecule has 1 heterocycles. The SMILES string of the molecule is CC[C@@H](C)NC(=O)[C@@H](C)N(Cc1ccc(Cl)cc1Cl)C(=O)CCCN1c2cccc3cccc(c23)S1(=O)=O. The minimum Gasteiger partial charge on any atom is -0.352 e. The van der Waals surface area contributed by atoms with Gasteiger partial charge in [0.25, 0.3) is 10.0 Å². The zero-order valence-corrected chi connectivity index (χ0v) is 23.9. The lowest BCUT2D eigenvalue weighted by molar-refractivity contribution is -0.140. The normalized spacial score (nSPS) is 15.3. The molecule has 0 aromatic heterocycles. The molecule has 4 rings (SSSR count). The van der Waals surface area contributed by atoms with Gasteiger partial charge >= 0.3 is 0 Å². The highest BCUT2D eigenvalue weighted by Gasteiger charge is 2.35. The van der Waals surface area contributed by atoms with Crippen molar-refractivity contribution in [2.75, 3.05) is 10.8 Å². The first-order valence-corrected chi connectivity index (χ1v) is 14.8. The van der Waals surface area contributed by atoms with E-state index < -0.39 is 16.1 Å². The Bertz CT molecular complexity index is 1470. The van der Waals surface area contributed by atoms with E-state index in [-0.39, 0.29) is 48.7 Å². The van der Waals surface area contributed by atoms with Gasteiger partial charge in [0.1, 0.15) is 6.04 Å². The fraction of sp³-hybridized carbons (Fsp3) is 0.357. The van der Waals surface area contributed by atoms with E-state index in [0.717, 1.165) is 11.8 Å². The molecule has 202 valence electrons. The summed E-state index contributed by atoms with van der Waals surface area (Å²) in [5.74, 6) is -0.530. The molecule has 0 radical (unpaired) electrons. The molecule has 0 unspecified atom stereocenters. The topological polar surface area (TPSA) is 86.8 Å². The Kier molecular flexibility index (Phi) is 8.55. The van der Waals surface area contributed by atoms with Gasteiger partial charge < -0.3 is 10.2 Å². The lowest BCUT2D eigenvalue weighted by atomic mass is 10.1. The molecule has 7 nitrogen and oxygen atoms in total. The van der Waals surface area contributed by atoms with Crippen molar-refractivity contribution in [3.63, 3.8) is 0 Å². The van der Waals surface area contributed by atoms with Gasteiger partial charge in [-0.1, -0.05) is 60.5 Å². The number of nitrogens with one attached hydrogen (secondary N) is 1. The minimum absolute atomic E-state index is 0.0364. The molecule has 2 atom stereocenters. The summed E-state index contributed by atoms with van der Waals surface area (Å²) in [5, 5.41) is 5.37. The summed E-state index contributed by atoms with van der Waals surface area (Å²) in [6.07, 6.45) is 1.10. The summed E-state index contributed by atoms with van der Waals surface area (Å²) in [6.45, 7) is 5.82. The first-order chi connectivity index (χ1) is 18.0. The minimum atomic E-state index is -3.71. The van der Waals surface area contributed by atoms with Crippen molar-refractivity contribution in [3.8, 4) is 0 Å². The summed E-state index contributed by atoms with van der Waals surface area (Å²) in [6, 6.07) is 15.0. The van der Waals surface area contributed by atoms with Gasteiger partial charge in [0.2, 0.25) is 11.8 Å². The van der Waals surface area contributed by atoms with Crippen LogP contribution in [0.25, 0.3) is 10.8 Å². The van der Waals surface area contributed by atoms with E-state index in [1.807, 2.05) is 32.0 Å². The van der Waals surface area contributed by atoms with Gasteiger partial charge in [0, 0.05) is 41.0 Å². The van der Waals surface area contributed by atoms with Crippen molar-refractivity contribution in [1.82, 2.24) is 10.2 Å². The molecule has 0 aliphatic carbocycles. The maximum atomic E-state index is 13.5. The lowest BCUT2D eigenvalue weighted by Crippen LogP contribution is -2.49. The van der Waals surface area contributed by atoms with Crippen LogP contribution < -0.4 is 9.62 Å². The quantitative estimate of drug-likeness (QED) is 0.332. The van der Waals surface area contributed by atoms with Gasteiger partial charge in [0.05, 0.1) is 10.6 Å². The fourth-order valence-corrected chi connectivity index (χ4v) is 6.82. The van der Waals surface area contributed by atoms with Gasteiger partial charge in [-0.05, 0) is 61.9 Å². The number of halogens is 2. The van der Waals surface area contributed by atoms with Gasteiger partial charge in [0.15, 0.2) is 0 Å². The average Bonchev–Trinajstić information content (AvgIpc) is 3.10. The van der Waals surface area contributed by atoms with Crippen molar-refractivity contribution in [1.29, 1.82) is 0 Å². The van der Waals surface area contributed by atoms with Crippen molar-refractivity contribution in [2.45, 2.75) is 63.6 Å². The molecule has 0 saturated heterocycles. The van der Waals surface area contributed by atoms with E-state index >= 15 is 0 Å². The molecule has 0 spiro atoms. The summed E-state index contributed by atoms with van der Waals surface area (Å²) < 4.78 is 27.9. The number of hydrogen-bond acceptors (Lipinski definition) is 4. The van der Waals surface area contributed by atoms with Crippen LogP contribution in [-0.4, -0.2) is 43.8 Å². The van der Waals surface area contributed by atoms with Crippen molar-refractivity contribution < 1.29 is 18.0 Å². The summed E-state index contributed by atoms with van der Waals surface area (Å²) in [7, 11) is -3.71. The molecular weight excluding hydrogens is 545 g/mol. The standard InChI is InChI=1S/C28H31Cl2N3O4S/c1-4-18(2)31-28(35)19(3)32(17-21-13-14-22(29)16-23(21)30)26(34)12-7-15-33-24-10-5-8-20-9-6-11-25(27(20)24)38(33,36)37/h5-6,8-11,13-14,16,18-19H,4,7,12,15,17H2,1-3H3,(H,31,35)/t18-,19-/m1/s1. The maximum Gasteiger partial charge on any atom is 0.265 e. The van der Waals surface area contributed by atoms with Crippen LogP contribution in [0.1, 0.15) is 45.6 Å². The third-order valence-electron chi connectivity index (χ3n) is 6.96. The molecule has 1 N–H and O–H groups in total. The van der Waals surface area contributed by atoms with Crippen LogP contribution in [0.4, 0.5) is 5.69 Å². The first-order valence-electron chi connectivity index (χ1n) is 12.6. The summed E-state index contributed by atoms with van der Waals surface area (Å²) in [4.78, 5) is 28.2. The molecule has 0 saturated carbocycles. The van der Waals surface area contributed by atoms with Crippen LogP contribution in [0.5, 0.6) is 0 Å². The molecule has 0 bridgehead atoms. The molecule has 3 aromatic rings. The van der Waals surface area contributed by atoms with E-state index in [4.69, 9.17) is 23.2 Å². The van der Waals surface area contributed by atoms with E-state index in [2.05, 4.69) is 5.32 Å². The Hall–Kier alpha value is -2.81. The Morgan fingerprint density at radius 2 is 1.76 bits per heavy atom. The van der Waals surface area contributed by atoms with Crippen LogP contribution in [0.15, 0.2) is 59.5 Å². The lowest BCUT2D eigenvalue weighted by Gasteiger charge is -2.30. The molecule has 0 fully saturated rings. The number of hydrogen-bond donors (Lipinski definition) is 1. The predicted molar refractivity (Wildman–Crippen MR) is 152 cm³/mol. The largest absolute Gasteiger partial charge is 0.352 e. The second kappa shape index (κ2) is 11.5. The van der Waals surface area contributed by atoms with E-state index in [1.165, 1.54) is 9.21 Å². The Labute approximate surface area is 233 Å². The smallest absolute Gasteiger partial charge is 0.265 e. The third kappa shape index (κ3) is 5.63. The Morgan fingerprint density at radius 3 is 2.45 bits per heavy atom. The highest BCUT2D eigenvalue weighted by Crippen LogP contribution is 2.42. The van der Waals surface area contributed by atoms with Crippen LogP contribution in [0, 0.1) is 0 Å². The second-order valence-electron chi connectivity index (χ2n) is 9.56. The average molecular weight is 577 g/mol. The van der Waals surface area contributed by atoms with Crippen molar-refractivity contribution in [3.05, 3.63) is 70.2 Å².